The minimum absolute atomic E-state index is 0.0778. The number of benzene rings is 1. The Labute approximate surface area is 247 Å². The summed E-state index contributed by atoms with van der Waals surface area (Å²) in [5.41, 5.74) is 1.70. The summed E-state index contributed by atoms with van der Waals surface area (Å²) in [5.74, 6) is 0.158. The molecule has 11 heteroatoms. The van der Waals surface area contributed by atoms with E-state index in [-0.39, 0.29) is 18.2 Å². The van der Waals surface area contributed by atoms with E-state index in [0.29, 0.717) is 35.2 Å². The number of likely N-dealkylation sites (tertiary alicyclic amines) is 1. The summed E-state index contributed by atoms with van der Waals surface area (Å²) < 4.78 is 48.2. The molecule has 2 fully saturated rings. The van der Waals surface area contributed by atoms with Gasteiger partial charge < -0.3 is 14.7 Å². The largest absolute Gasteiger partial charge is 0.489 e. The van der Waals surface area contributed by atoms with Crippen molar-refractivity contribution in [1.29, 1.82) is 0 Å². The topological polar surface area (TPSA) is 97.0 Å². The van der Waals surface area contributed by atoms with Crippen molar-refractivity contribution >= 4 is 17.7 Å². The number of aromatic nitrogens is 2. The second-order valence-electron chi connectivity index (χ2n) is 11.8. The zero-order valence-electron chi connectivity index (χ0n) is 23.9. The molecule has 0 radical (unpaired) electrons. The summed E-state index contributed by atoms with van der Waals surface area (Å²) in [6.45, 7) is 1.99. The molecule has 8 nitrogen and oxygen atoms in total. The highest BCUT2D eigenvalue weighted by molar-refractivity contribution is 5.93. The number of alkyl halides is 3. The molecule has 2 aliphatic heterocycles. The first-order valence-corrected chi connectivity index (χ1v) is 15.1. The van der Waals surface area contributed by atoms with E-state index in [1.807, 2.05) is 23.1 Å². The molecule has 228 valence electrons. The number of ether oxygens (including phenoxy) is 1. The van der Waals surface area contributed by atoms with Crippen LogP contribution in [-0.2, 0) is 11.0 Å². The fraction of sp³-hybridized carbons (Fsp3) is 0.500. The van der Waals surface area contributed by atoms with E-state index in [1.54, 1.807) is 0 Å². The Bertz CT molecular complexity index is 1480. The highest BCUT2D eigenvalue weighted by atomic mass is 19.4. The van der Waals surface area contributed by atoms with E-state index in [2.05, 4.69) is 22.2 Å². The quantitative estimate of drug-likeness (QED) is 0.389. The Morgan fingerprint density at radius 3 is 2.40 bits per heavy atom. The van der Waals surface area contributed by atoms with E-state index < -0.39 is 23.4 Å². The lowest BCUT2D eigenvalue weighted by Crippen LogP contribution is -2.38. The van der Waals surface area contributed by atoms with Gasteiger partial charge in [-0.2, -0.15) is 18.3 Å². The molecule has 4 aliphatic rings. The van der Waals surface area contributed by atoms with Gasteiger partial charge in [0.1, 0.15) is 23.8 Å². The number of carboxylic acid groups (broad SMARTS) is 1. The van der Waals surface area contributed by atoms with Crippen molar-refractivity contribution in [2.75, 3.05) is 19.7 Å². The third-order valence-electron chi connectivity index (χ3n) is 8.86. The molecule has 0 spiro atoms. The number of carbonyl (C=O) groups excluding carboxylic acids is 1. The highest BCUT2D eigenvalue weighted by Gasteiger charge is 2.41. The summed E-state index contributed by atoms with van der Waals surface area (Å²) in [5, 5.41) is 13.0. The summed E-state index contributed by atoms with van der Waals surface area (Å²) in [6.07, 6.45) is 5.95. The van der Waals surface area contributed by atoms with Gasteiger partial charge in [-0.15, -0.1) is 0 Å². The van der Waals surface area contributed by atoms with Gasteiger partial charge in [-0.25, -0.2) is 14.5 Å². The lowest BCUT2D eigenvalue weighted by molar-refractivity contribution is -0.143. The van der Waals surface area contributed by atoms with Crippen LogP contribution in [0.25, 0.3) is 0 Å². The van der Waals surface area contributed by atoms with Crippen LogP contribution >= 0.6 is 0 Å². The van der Waals surface area contributed by atoms with Gasteiger partial charge >= 0.3 is 12.1 Å². The fourth-order valence-corrected chi connectivity index (χ4v) is 6.36. The third-order valence-corrected chi connectivity index (χ3v) is 8.86. The maximum Gasteiger partial charge on any atom is 0.434 e. The van der Waals surface area contributed by atoms with Gasteiger partial charge in [0, 0.05) is 25.4 Å². The van der Waals surface area contributed by atoms with Crippen molar-refractivity contribution in [2.24, 2.45) is 10.9 Å². The number of piperidine rings is 1. The van der Waals surface area contributed by atoms with Crippen LogP contribution in [0, 0.1) is 5.92 Å². The molecule has 1 aromatic heterocycles. The number of carbonyl (C=O) groups is 2. The Hall–Kier alpha value is -3.89. The number of nitrogens with zero attached hydrogens (tertiary/aromatic N) is 4. The lowest BCUT2D eigenvalue weighted by atomic mass is 9.89. The van der Waals surface area contributed by atoms with Crippen LogP contribution in [0.5, 0.6) is 5.75 Å². The molecule has 2 aliphatic carbocycles. The molecule has 2 aromatic rings. The zero-order chi connectivity index (χ0) is 30.1. The van der Waals surface area contributed by atoms with Crippen molar-refractivity contribution in [3.05, 3.63) is 70.2 Å². The third kappa shape index (κ3) is 6.40. The molecule has 0 unspecified atom stereocenters. The minimum Gasteiger partial charge on any atom is -0.489 e. The van der Waals surface area contributed by atoms with Gasteiger partial charge in [0.2, 0.25) is 5.91 Å². The second kappa shape index (κ2) is 12.0. The summed E-state index contributed by atoms with van der Waals surface area (Å²) in [7, 11) is 0. The minimum atomic E-state index is -4.89. The summed E-state index contributed by atoms with van der Waals surface area (Å²) in [6, 6.07) is 8.16. The van der Waals surface area contributed by atoms with Gasteiger partial charge in [-0.3, -0.25) is 4.79 Å². The normalized spacial score (nSPS) is 20.1. The van der Waals surface area contributed by atoms with Gasteiger partial charge in [-0.1, -0.05) is 18.2 Å². The molecule has 1 saturated heterocycles. The molecule has 1 aromatic carbocycles. The molecule has 3 heterocycles. The van der Waals surface area contributed by atoms with Crippen molar-refractivity contribution < 1.29 is 32.6 Å². The van der Waals surface area contributed by atoms with Gasteiger partial charge in [0.15, 0.2) is 5.69 Å². The van der Waals surface area contributed by atoms with Crippen molar-refractivity contribution in [3.63, 3.8) is 0 Å². The molecule has 1 N–H and O–H groups in total. The van der Waals surface area contributed by atoms with Crippen LogP contribution < -0.4 is 4.74 Å². The first-order valence-electron chi connectivity index (χ1n) is 15.1. The summed E-state index contributed by atoms with van der Waals surface area (Å²) >= 11 is 0. The van der Waals surface area contributed by atoms with Gasteiger partial charge in [0.25, 0.3) is 0 Å². The first kappa shape index (κ1) is 29.2. The molecule has 43 heavy (non-hydrogen) atoms. The number of rotatable bonds is 7. The number of aliphatic imine (C=N–C) groups is 1. The van der Waals surface area contributed by atoms with E-state index >= 15 is 0 Å². The number of carboxylic acids is 1. The van der Waals surface area contributed by atoms with Crippen LogP contribution in [0.2, 0.25) is 0 Å². The second-order valence-corrected chi connectivity index (χ2v) is 11.8. The van der Waals surface area contributed by atoms with Crippen LogP contribution in [0.15, 0.2) is 58.4 Å². The van der Waals surface area contributed by atoms with Crippen LogP contribution in [-0.4, -0.2) is 57.2 Å². The maximum absolute atomic E-state index is 13.8. The summed E-state index contributed by atoms with van der Waals surface area (Å²) in [4.78, 5) is 30.4. The number of aromatic carboxylic acids is 1. The van der Waals surface area contributed by atoms with Crippen molar-refractivity contribution in [2.45, 2.75) is 76.3 Å². The fourth-order valence-electron chi connectivity index (χ4n) is 6.36. The number of halogens is 3. The van der Waals surface area contributed by atoms with E-state index in [1.165, 1.54) is 5.56 Å². The number of allylic oxidation sites excluding steroid dienone is 2. The molecular formula is C32H35F3N4O4. The Morgan fingerprint density at radius 2 is 1.72 bits per heavy atom. The Balaban J connectivity index is 1.13. The molecule has 0 atom stereocenters. The Kier molecular flexibility index (Phi) is 8.15. The average molecular weight is 597 g/mol. The molecular weight excluding hydrogens is 561 g/mol. The highest BCUT2D eigenvalue weighted by Crippen LogP contribution is 2.37. The smallest absolute Gasteiger partial charge is 0.434 e. The van der Waals surface area contributed by atoms with Crippen LogP contribution in [0.3, 0.4) is 0 Å². The Morgan fingerprint density at radius 1 is 1.00 bits per heavy atom. The molecule has 6 rings (SSSR count). The number of hydrogen-bond acceptors (Lipinski definition) is 5. The molecule has 1 amide bonds. The van der Waals surface area contributed by atoms with Crippen LogP contribution in [0.1, 0.15) is 91.7 Å². The van der Waals surface area contributed by atoms with Crippen molar-refractivity contribution in [1.82, 2.24) is 14.7 Å². The standard InChI is InChI=1S/C32H35F3N4O4/c33-32(34,35)29-26(31(41)42)18-36-39(29)28-7-3-6-27(37-28)25-5-2-1-4-23(25)19-43-24-12-10-20(11-13-24)21-14-16-38(17-15-21)30(40)22-8-9-22/h6,10-13,18,21-22H,1-5,7-9,14-17,19H2,(H,41,42). The lowest BCUT2D eigenvalue weighted by Gasteiger charge is -2.32. The average Bonchev–Trinajstić information content (AvgIpc) is 3.76. The molecule has 1 saturated carbocycles. The van der Waals surface area contributed by atoms with Crippen molar-refractivity contribution in [3.8, 4) is 5.75 Å². The SMILES string of the molecule is O=C(O)c1cnn(C2=NC(C3=C(COc4ccc(C5CCN(C(=O)C6CC6)CC5)cc4)CCCC3)=CCC2)c1C(F)(F)F. The molecule has 0 bridgehead atoms. The maximum atomic E-state index is 13.8. The van der Waals surface area contributed by atoms with Crippen LogP contribution in [0.4, 0.5) is 13.2 Å². The predicted molar refractivity (Wildman–Crippen MR) is 153 cm³/mol. The predicted octanol–water partition coefficient (Wildman–Crippen LogP) is 6.59. The number of hydrogen-bond donors (Lipinski definition) is 1. The number of amides is 1. The van der Waals surface area contributed by atoms with E-state index in [0.717, 1.165) is 87.5 Å². The van der Waals surface area contributed by atoms with E-state index in [9.17, 15) is 27.9 Å². The van der Waals surface area contributed by atoms with Gasteiger partial charge in [0.05, 0.1) is 11.9 Å². The van der Waals surface area contributed by atoms with E-state index in [4.69, 9.17) is 4.74 Å². The zero-order valence-corrected chi connectivity index (χ0v) is 23.9. The first-order chi connectivity index (χ1) is 20.7. The monoisotopic (exact) mass is 596 g/mol. The van der Waals surface area contributed by atoms with Gasteiger partial charge in [-0.05, 0) is 92.5 Å².